The second-order valence-corrected chi connectivity index (χ2v) is 8.53. The van der Waals surface area contributed by atoms with Crippen molar-refractivity contribution in [3.63, 3.8) is 0 Å². The maximum atomic E-state index is 12.1. The SMILES string of the molecule is O=C(C[C@@H]1CCS(=O)(=O)C1)NNC(=O)CN1C(=O)COc2ccccc21. The topological polar surface area (TPSA) is 122 Å². The lowest BCUT2D eigenvalue weighted by atomic mass is 10.1. The van der Waals surface area contributed by atoms with Crippen LogP contribution in [0.1, 0.15) is 12.8 Å². The Morgan fingerprint density at radius 1 is 1.19 bits per heavy atom. The lowest BCUT2D eigenvalue weighted by Crippen LogP contribution is -2.50. The van der Waals surface area contributed by atoms with Crippen molar-refractivity contribution in [3.8, 4) is 5.75 Å². The van der Waals surface area contributed by atoms with Crippen LogP contribution in [-0.4, -0.2) is 50.8 Å². The number of hydrazine groups is 1. The van der Waals surface area contributed by atoms with Crippen LogP contribution in [0.4, 0.5) is 5.69 Å². The van der Waals surface area contributed by atoms with Gasteiger partial charge in [-0.15, -0.1) is 0 Å². The molecule has 3 amide bonds. The van der Waals surface area contributed by atoms with E-state index in [1.54, 1.807) is 24.3 Å². The molecule has 0 bridgehead atoms. The molecule has 3 rings (SSSR count). The van der Waals surface area contributed by atoms with E-state index >= 15 is 0 Å². The Bertz CT molecular complexity index is 838. The van der Waals surface area contributed by atoms with Gasteiger partial charge in [-0.05, 0) is 24.5 Å². The molecule has 0 saturated carbocycles. The normalized spacial score (nSPS) is 20.8. The number of ether oxygens (including phenoxy) is 1. The zero-order valence-corrected chi connectivity index (χ0v) is 14.8. The molecular formula is C16H19N3O6S. The monoisotopic (exact) mass is 381 g/mol. The highest BCUT2D eigenvalue weighted by atomic mass is 32.2. The summed E-state index contributed by atoms with van der Waals surface area (Å²) in [6.07, 6.45) is 0.474. The molecule has 10 heteroatoms. The van der Waals surface area contributed by atoms with Crippen molar-refractivity contribution >= 4 is 33.2 Å². The van der Waals surface area contributed by atoms with Crippen molar-refractivity contribution in [2.75, 3.05) is 29.6 Å². The maximum absolute atomic E-state index is 12.1. The number of fused-ring (bicyclic) bond motifs is 1. The Balaban J connectivity index is 1.50. The minimum Gasteiger partial charge on any atom is -0.482 e. The van der Waals surface area contributed by atoms with Gasteiger partial charge in [0.2, 0.25) is 5.91 Å². The van der Waals surface area contributed by atoms with Crippen LogP contribution in [0.15, 0.2) is 24.3 Å². The van der Waals surface area contributed by atoms with Gasteiger partial charge in [0.25, 0.3) is 11.8 Å². The first kappa shape index (κ1) is 18.2. The van der Waals surface area contributed by atoms with E-state index in [9.17, 15) is 22.8 Å². The largest absolute Gasteiger partial charge is 0.482 e. The lowest BCUT2D eigenvalue weighted by Gasteiger charge is -2.28. The zero-order chi connectivity index (χ0) is 18.7. The summed E-state index contributed by atoms with van der Waals surface area (Å²) in [6, 6.07) is 6.85. The second kappa shape index (κ2) is 7.32. The zero-order valence-electron chi connectivity index (χ0n) is 13.9. The number of anilines is 1. The minimum absolute atomic E-state index is 0.00652. The Morgan fingerprint density at radius 3 is 2.65 bits per heavy atom. The van der Waals surface area contributed by atoms with Crippen LogP contribution < -0.4 is 20.5 Å². The number of hydrogen-bond acceptors (Lipinski definition) is 6. The molecule has 1 aromatic carbocycles. The first-order valence-corrected chi connectivity index (χ1v) is 9.96. The predicted octanol–water partition coefficient (Wildman–Crippen LogP) is -0.616. The van der Waals surface area contributed by atoms with E-state index in [1.165, 1.54) is 4.90 Å². The molecule has 26 heavy (non-hydrogen) atoms. The van der Waals surface area contributed by atoms with Crippen LogP contribution in [-0.2, 0) is 24.2 Å². The molecule has 0 spiro atoms. The van der Waals surface area contributed by atoms with Gasteiger partial charge >= 0.3 is 0 Å². The van der Waals surface area contributed by atoms with Crippen LogP contribution >= 0.6 is 0 Å². The van der Waals surface area contributed by atoms with Gasteiger partial charge in [0.1, 0.15) is 12.3 Å². The number of carbonyl (C=O) groups is 3. The van der Waals surface area contributed by atoms with E-state index in [0.29, 0.717) is 17.9 Å². The standard InChI is InChI=1S/C16H19N3O6S/c20-14(7-11-5-6-26(23,24)10-11)17-18-15(21)8-19-12-3-1-2-4-13(12)25-9-16(19)22/h1-4,11H,5-10H2,(H,17,20)(H,18,21)/t11-/m0/s1. The van der Waals surface area contributed by atoms with Gasteiger partial charge in [-0.2, -0.15) is 0 Å². The van der Waals surface area contributed by atoms with Crippen LogP contribution in [0.3, 0.4) is 0 Å². The van der Waals surface area contributed by atoms with Gasteiger partial charge in [0, 0.05) is 6.42 Å². The molecule has 0 radical (unpaired) electrons. The molecule has 1 fully saturated rings. The highest BCUT2D eigenvalue weighted by Gasteiger charge is 2.30. The van der Waals surface area contributed by atoms with Crippen molar-refractivity contribution in [3.05, 3.63) is 24.3 Å². The van der Waals surface area contributed by atoms with E-state index in [1.807, 2.05) is 0 Å². The van der Waals surface area contributed by atoms with Crippen molar-refractivity contribution in [1.82, 2.24) is 10.9 Å². The molecule has 2 aliphatic heterocycles. The molecule has 140 valence electrons. The Hall–Kier alpha value is -2.62. The van der Waals surface area contributed by atoms with Crippen molar-refractivity contribution in [1.29, 1.82) is 0 Å². The Kier molecular flexibility index (Phi) is 5.12. The number of carbonyl (C=O) groups excluding carboxylic acids is 3. The molecule has 2 N–H and O–H groups in total. The second-order valence-electron chi connectivity index (χ2n) is 6.31. The number of rotatable bonds is 4. The summed E-state index contributed by atoms with van der Waals surface area (Å²) in [5, 5.41) is 0. The summed E-state index contributed by atoms with van der Waals surface area (Å²) in [5.41, 5.74) is 5.00. The van der Waals surface area contributed by atoms with Crippen molar-refractivity contribution in [2.45, 2.75) is 12.8 Å². The lowest BCUT2D eigenvalue weighted by molar-refractivity contribution is -0.129. The summed E-state index contributed by atoms with van der Waals surface area (Å²) in [5.74, 6) is -1.03. The molecule has 2 aliphatic rings. The third-order valence-corrected chi connectivity index (χ3v) is 6.09. The molecule has 1 saturated heterocycles. The Morgan fingerprint density at radius 2 is 1.92 bits per heavy atom. The highest BCUT2D eigenvalue weighted by molar-refractivity contribution is 7.91. The molecule has 0 unspecified atom stereocenters. The first-order valence-electron chi connectivity index (χ1n) is 8.14. The number of nitrogens with zero attached hydrogens (tertiary/aromatic N) is 1. The van der Waals surface area contributed by atoms with E-state index in [4.69, 9.17) is 4.74 Å². The van der Waals surface area contributed by atoms with E-state index in [0.717, 1.165) is 0 Å². The minimum atomic E-state index is -3.05. The molecule has 0 aromatic heterocycles. The third kappa shape index (κ3) is 4.31. The third-order valence-electron chi connectivity index (χ3n) is 4.25. The van der Waals surface area contributed by atoms with Gasteiger partial charge in [-0.25, -0.2) is 8.42 Å². The van der Waals surface area contributed by atoms with Crippen LogP contribution in [0.5, 0.6) is 5.75 Å². The number of nitrogens with one attached hydrogen (secondary N) is 2. The highest BCUT2D eigenvalue weighted by Crippen LogP contribution is 2.31. The molecule has 9 nitrogen and oxygen atoms in total. The fourth-order valence-electron chi connectivity index (χ4n) is 3.00. The van der Waals surface area contributed by atoms with E-state index in [2.05, 4.69) is 10.9 Å². The maximum Gasteiger partial charge on any atom is 0.265 e. The van der Waals surface area contributed by atoms with Gasteiger partial charge in [-0.1, -0.05) is 12.1 Å². The molecule has 0 aliphatic carbocycles. The quantitative estimate of drug-likeness (QED) is 0.671. The summed E-state index contributed by atoms with van der Waals surface area (Å²) < 4.78 is 28.1. The summed E-state index contributed by atoms with van der Waals surface area (Å²) >= 11 is 0. The molecule has 2 heterocycles. The smallest absolute Gasteiger partial charge is 0.265 e. The average Bonchev–Trinajstić information content (AvgIpc) is 2.94. The first-order chi connectivity index (χ1) is 12.3. The number of sulfone groups is 1. The molecular weight excluding hydrogens is 362 g/mol. The number of amides is 3. The number of para-hydroxylation sites is 2. The fourth-order valence-corrected chi connectivity index (χ4v) is 4.86. The summed E-state index contributed by atoms with van der Waals surface area (Å²) in [4.78, 5) is 37.2. The average molecular weight is 381 g/mol. The van der Waals surface area contributed by atoms with Crippen molar-refractivity contribution in [2.24, 2.45) is 5.92 Å². The summed E-state index contributed by atoms with van der Waals surface area (Å²) in [6.45, 7) is -0.426. The van der Waals surface area contributed by atoms with Gasteiger partial charge < -0.3 is 4.74 Å². The molecule has 1 aromatic rings. The van der Waals surface area contributed by atoms with Crippen LogP contribution in [0, 0.1) is 5.92 Å². The number of hydrogen-bond donors (Lipinski definition) is 2. The van der Waals surface area contributed by atoms with Gasteiger partial charge in [-0.3, -0.25) is 30.1 Å². The summed E-state index contributed by atoms with van der Waals surface area (Å²) in [7, 11) is -3.05. The van der Waals surface area contributed by atoms with Crippen LogP contribution in [0.2, 0.25) is 0 Å². The number of benzene rings is 1. The van der Waals surface area contributed by atoms with Gasteiger partial charge in [0.05, 0.1) is 17.2 Å². The fraction of sp³-hybridized carbons (Fsp3) is 0.438. The van der Waals surface area contributed by atoms with Crippen LogP contribution in [0.25, 0.3) is 0 Å². The van der Waals surface area contributed by atoms with Gasteiger partial charge in [0.15, 0.2) is 16.4 Å². The van der Waals surface area contributed by atoms with Crippen molar-refractivity contribution < 1.29 is 27.5 Å². The Labute approximate surface area is 150 Å². The predicted molar refractivity (Wildman–Crippen MR) is 92.0 cm³/mol. The van der Waals surface area contributed by atoms with E-state index < -0.39 is 21.7 Å². The molecule has 1 atom stereocenters. The van der Waals surface area contributed by atoms with E-state index in [-0.39, 0.29) is 42.9 Å².